The third-order valence-corrected chi connectivity index (χ3v) is 3.63. The van der Waals surface area contributed by atoms with Crippen molar-refractivity contribution in [2.45, 2.75) is 18.4 Å². The number of rotatable bonds is 6. The Morgan fingerprint density at radius 3 is 2.00 bits per heavy atom. The van der Waals surface area contributed by atoms with Crippen molar-refractivity contribution in [2.24, 2.45) is 5.73 Å². The van der Waals surface area contributed by atoms with Crippen LogP contribution < -0.4 is 10.5 Å². The van der Waals surface area contributed by atoms with E-state index in [4.69, 9.17) is 15.2 Å². The Morgan fingerprint density at radius 2 is 1.50 bits per heavy atom. The Labute approximate surface area is 130 Å². The molecule has 0 aromatic heterocycles. The molecule has 4 heteroatoms. The molecule has 0 amide bonds. The molecule has 1 atom stereocenters. The molecule has 22 heavy (non-hydrogen) atoms. The average Bonchev–Trinajstić information content (AvgIpc) is 2.55. The van der Waals surface area contributed by atoms with Crippen molar-refractivity contribution in [3.63, 3.8) is 0 Å². The lowest BCUT2D eigenvalue weighted by atomic mass is 9.85. The van der Waals surface area contributed by atoms with Gasteiger partial charge in [-0.05, 0) is 23.3 Å². The fourth-order valence-electron chi connectivity index (χ4n) is 2.48. The van der Waals surface area contributed by atoms with Crippen LogP contribution in [0.5, 0.6) is 5.75 Å². The van der Waals surface area contributed by atoms with Gasteiger partial charge in [0.15, 0.2) is 0 Å². The zero-order valence-electron chi connectivity index (χ0n) is 12.9. The van der Waals surface area contributed by atoms with Crippen LogP contribution in [0.3, 0.4) is 0 Å². The number of hydrogen-bond acceptors (Lipinski definition) is 4. The van der Waals surface area contributed by atoms with E-state index in [9.17, 15) is 4.79 Å². The highest BCUT2D eigenvalue weighted by Crippen LogP contribution is 2.20. The molecule has 116 valence electrons. The zero-order chi connectivity index (χ0) is 16.0. The first-order valence-corrected chi connectivity index (χ1v) is 7.11. The van der Waals surface area contributed by atoms with Crippen molar-refractivity contribution in [3.05, 3.63) is 65.7 Å². The van der Waals surface area contributed by atoms with Gasteiger partial charge in [0.25, 0.3) is 0 Å². The van der Waals surface area contributed by atoms with Gasteiger partial charge in [-0.3, -0.25) is 4.79 Å². The molecule has 0 fully saturated rings. The molecule has 2 aromatic rings. The Kier molecular flexibility index (Phi) is 5.17. The predicted molar refractivity (Wildman–Crippen MR) is 85.8 cm³/mol. The third kappa shape index (κ3) is 3.86. The normalized spacial score (nSPS) is 13.2. The lowest BCUT2D eigenvalue weighted by molar-refractivity contribution is -0.147. The van der Waals surface area contributed by atoms with Crippen molar-refractivity contribution in [2.75, 3.05) is 14.2 Å². The van der Waals surface area contributed by atoms with Gasteiger partial charge in [0, 0.05) is 12.8 Å². The van der Waals surface area contributed by atoms with E-state index in [1.165, 1.54) is 7.11 Å². The maximum atomic E-state index is 12.2. The Bertz CT molecular complexity index is 610. The van der Waals surface area contributed by atoms with Gasteiger partial charge < -0.3 is 15.2 Å². The second-order valence-corrected chi connectivity index (χ2v) is 5.33. The van der Waals surface area contributed by atoms with Crippen LogP contribution in [0.4, 0.5) is 0 Å². The molecule has 1 unspecified atom stereocenters. The number of ether oxygens (including phenoxy) is 2. The summed E-state index contributed by atoms with van der Waals surface area (Å²) in [5.74, 6) is 0.361. The van der Waals surface area contributed by atoms with Crippen LogP contribution in [0.15, 0.2) is 54.6 Å². The van der Waals surface area contributed by atoms with E-state index in [2.05, 4.69) is 0 Å². The summed E-state index contributed by atoms with van der Waals surface area (Å²) in [6.07, 6.45) is 0.825. The molecule has 0 saturated carbocycles. The van der Waals surface area contributed by atoms with Crippen molar-refractivity contribution >= 4 is 5.97 Å². The number of carbonyl (C=O) groups excluding carboxylic acids is 1. The lowest BCUT2D eigenvalue weighted by Crippen LogP contribution is -2.52. The molecule has 0 bridgehead atoms. The quantitative estimate of drug-likeness (QED) is 0.832. The number of carbonyl (C=O) groups is 1. The van der Waals surface area contributed by atoms with Crippen LogP contribution in [-0.4, -0.2) is 25.7 Å². The summed E-state index contributed by atoms with van der Waals surface area (Å²) >= 11 is 0. The van der Waals surface area contributed by atoms with Crippen LogP contribution in [0.1, 0.15) is 11.1 Å². The zero-order valence-corrected chi connectivity index (χ0v) is 12.9. The molecule has 0 spiro atoms. The van der Waals surface area contributed by atoms with Crippen molar-refractivity contribution in [1.82, 2.24) is 0 Å². The number of methoxy groups -OCH3 is 2. The largest absolute Gasteiger partial charge is 0.497 e. The number of benzene rings is 2. The fraction of sp³-hybridized carbons (Fsp3) is 0.278. The summed E-state index contributed by atoms with van der Waals surface area (Å²) < 4.78 is 10.1. The van der Waals surface area contributed by atoms with Crippen molar-refractivity contribution in [3.8, 4) is 5.75 Å². The summed E-state index contributed by atoms with van der Waals surface area (Å²) in [4.78, 5) is 12.2. The first-order valence-electron chi connectivity index (χ1n) is 7.11. The molecule has 0 radical (unpaired) electrons. The van der Waals surface area contributed by atoms with Gasteiger partial charge in [-0.1, -0.05) is 42.5 Å². The van der Waals surface area contributed by atoms with E-state index in [0.29, 0.717) is 12.8 Å². The monoisotopic (exact) mass is 299 g/mol. The van der Waals surface area contributed by atoms with Crippen LogP contribution >= 0.6 is 0 Å². The molecule has 2 aromatic carbocycles. The van der Waals surface area contributed by atoms with Gasteiger partial charge in [0.1, 0.15) is 11.3 Å². The minimum absolute atomic E-state index is 0.401. The van der Waals surface area contributed by atoms with Gasteiger partial charge in [0.2, 0.25) is 0 Å². The summed E-state index contributed by atoms with van der Waals surface area (Å²) in [5.41, 5.74) is 7.25. The van der Waals surface area contributed by atoms with E-state index in [1.54, 1.807) is 7.11 Å². The topological polar surface area (TPSA) is 61.5 Å². The van der Waals surface area contributed by atoms with Crippen LogP contribution in [0.25, 0.3) is 0 Å². The molecule has 0 aliphatic heterocycles. The highest BCUT2D eigenvalue weighted by Gasteiger charge is 2.35. The smallest absolute Gasteiger partial charge is 0.326 e. The van der Waals surface area contributed by atoms with Crippen molar-refractivity contribution < 1.29 is 14.3 Å². The van der Waals surface area contributed by atoms with Gasteiger partial charge in [-0.15, -0.1) is 0 Å². The Morgan fingerprint density at radius 1 is 0.955 bits per heavy atom. The van der Waals surface area contributed by atoms with Crippen LogP contribution in [-0.2, 0) is 22.4 Å². The van der Waals surface area contributed by atoms with E-state index in [-0.39, 0.29) is 0 Å². The number of nitrogens with two attached hydrogens (primary N) is 1. The molecule has 2 rings (SSSR count). The molecule has 4 nitrogen and oxygen atoms in total. The maximum absolute atomic E-state index is 12.2. The highest BCUT2D eigenvalue weighted by atomic mass is 16.5. The summed E-state index contributed by atoms with van der Waals surface area (Å²) in [5, 5.41) is 0. The minimum Gasteiger partial charge on any atom is -0.497 e. The summed E-state index contributed by atoms with van der Waals surface area (Å²) in [7, 11) is 2.98. The van der Waals surface area contributed by atoms with Gasteiger partial charge >= 0.3 is 5.97 Å². The average molecular weight is 299 g/mol. The maximum Gasteiger partial charge on any atom is 0.326 e. The second-order valence-electron chi connectivity index (χ2n) is 5.33. The van der Waals surface area contributed by atoms with Gasteiger partial charge in [0.05, 0.1) is 14.2 Å². The molecule has 2 N–H and O–H groups in total. The molecular formula is C18H21NO3. The molecule has 0 heterocycles. The molecular weight excluding hydrogens is 278 g/mol. The highest BCUT2D eigenvalue weighted by molar-refractivity contribution is 5.81. The SMILES string of the molecule is COC(=O)C(N)(Cc1ccccc1)Cc1ccc(OC)cc1. The Balaban J connectivity index is 2.22. The number of hydrogen-bond donors (Lipinski definition) is 1. The van der Waals surface area contributed by atoms with E-state index in [0.717, 1.165) is 16.9 Å². The van der Waals surface area contributed by atoms with Crippen molar-refractivity contribution in [1.29, 1.82) is 0 Å². The predicted octanol–water partition coefficient (Wildman–Crippen LogP) is 2.35. The standard InChI is InChI=1S/C18H21NO3/c1-21-16-10-8-15(9-11-16)13-18(19,17(20)22-2)12-14-6-4-3-5-7-14/h3-11H,12-13,19H2,1-2H3. The summed E-state index contributed by atoms with van der Waals surface area (Å²) in [6, 6.07) is 17.2. The van der Waals surface area contributed by atoms with Gasteiger partial charge in [-0.2, -0.15) is 0 Å². The first-order chi connectivity index (χ1) is 10.6. The van der Waals surface area contributed by atoms with E-state index < -0.39 is 11.5 Å². The van der Waals surface area contributed by atoms with Crippen LogP contribution in [0.2, 0.25) is 0 Å². The fourth-order valence-corrected chi connectivity index (χ4v) is 2.48. The number of esters is 1. The third-order valence-electron chi connectivity index (χ3n) is 3.63. The molecule has 0 aliphatic carbocycles. The van der Waals surface area contributed by atoms with Gasteiger partial charge in [-0.25, -0.2) is 0 Å². The van der Waals surface area contributed by atoms with E-state index in [1.807, 2.05) is 54.6 Å². The minimum atomic E-state index is -1.09. The Hall–Kier alpha value is -2.33. The first kappa shape index (κ1) is 16.0. The van der Waals surface area contributed by atoms with Crippen LogP contribution in [0, 0.1) is 0 Å². The molecule has 0 aliphatic rings. The second kappa shape index (κ2) is 7.09. The lowest BCUT2D eigenvalue weighted by Gasteiger charge is -2.27. The summed E-state index contributed by atoms with van der Waals surface area (Å²) in [6.45, 7) is 0. The van der Waals surface area contributed by atoms with E-state index >= 15 is 0 Å². The molecule has 0 saturated heterocycles.